The van der Waals surface area contributed by atoms with Crippen LogP contribution in [0.1, 0.15) is 11.1 Å². The maximum Gasteiger partial charge on any atom is 0.128 e. The number of rotatable bonds is 3. The molecule has 0 unspecified atom stereocenters. The van der Waals surface area contributed by atoms with Crippen LogP contribution in [-0.4, -0.2) is 4.98 Å². The fraction of sp³-hybridized carbons (Fsp3) is 0.125. The lowest BCUT2D eigenvalue weighted by Crippen LogP contribution is -2.02. The van der Waals surface area contributed by atoms with Crippen molar-refractivity contribution in [3.8, 4) is 0 Å². The van der Waals surface area contributed by atoms with Gasteiger partial charge >= 0.3 is 0 Å². The molecule has 0 amide bonds. The lowest BCUT2D eigenvalue weighted by Gasteiger charge is -2.08. The lowest BCUT2D eigenvalue weighted by atomic mass is 10.1. The Bertz CT molecular complexity index is 716. The van der Waals surface area contributed by atoms with Crippen LogP contribution in [0.4, 0.5) is 10.1 Å². The summed E-state index contributed by atoms with van der Waals surface area (Å²) >= 11 is 0. The van der Waals surface area contributed by atoms with Crippen molar-refractivity contribution in [1.29, 1.82) is 0 Å². The second kappa shape index (κ2) is 4.76. The molecular formula is C16H15FN2. The van der Waals surface area contributed by atoms with E-state index in [1.165, 1.54) is 6.07 Å². The molecule has 1 aromatic heterocycles. The molecular weight excluding hydrogens is 239 g/mol. The molecule has 2 nitrogen and oxygen atoms in total. The molecule has 0 radical (unpaired) electrons. The Morgan fingerprint density at radius 2 is 2.00 bits per heavy atom. The summed E-state index contributed by atoms with van der Waals surface area (Å²) < 4.78 is 13.6. The minimum atomic E-state index is -0.166. The van der Waals surface area contributed by atoms with Crippen molar-refractivity contribution in [2.24, 2.45) is 0 Å². The van der Waals surface area contributed by atoms with Crippen molar-refractivity contribution < 1.29 is 4.39 Å². The number of aryl methyl sites for hydroxylation is 1. The highest BCUT2D eigenvalue weighted by Gasteiger charge is 2.03. The number of aromatic amines is 1. The van der Waals surface area contributed by atoms with Gasteiger partial charge in [-0.05, 0) is 37.3 Å². The van der Waals surface area contributed by atoms with Crippen molar-refractivity contribution in [3.63, 3.8) is 0 Å². The Morgan fingerprint density at radius 3 is 2.89 bits per heavy atom. The predicted octanol–water partition coefficient (Wildman–Crippen LogP) is 4.23. The molecule has 0 aliphatic heterocycles. The molecule has 1 heterocycles. The average Bonchev–Trinajstić information content (AvgIpc) is 2.87. The van der Waals surface area contributed by atoms with Gasteiger partial charge in [-0.2, -0.15) is 0 Å². The number of hydrogen-bond donors (Lipinski definition) is 2. The zero-order valence-electron chi connectivity index (χ0n) is 10.7. The van der Waals surface area contributed by atoms with Crippen LogP contribution in [0.3, 0.4) is 0 Å². The molecule has 96 valence electrons. The molecule has 0 spiro atoms. The highest BCUT2D eigenvalue weighted by Crippen LogP contribution is 2.19. The second-order valence-corrected chi connectivity index (χ2v) is 4.73. The van der Waals surface area contributed by atoms with Crippen LogP contribution < -0.4 is 5.32 Å². The Kier molecular flexibility index (Phi) is 2.95. The topological polar surface area (TPSA) is 27.8 Å². The minimum absolute atomic E-state index is 0.166. The first kappa shape index (κ1) is 11.8. The van der Waals surface area contributed by atoms with E-state index in [9.17, 15) is 4.39 Å². The van der Waals surface area contributed by atoms with Gasteiger partial charge in [0, 0.05) is 34.9 Å². The van der Waals surface area contributed by atoms with Crippen LogP contribution in [0.5, 0.6) is 0 Å². The third kappa shape index (κ3) is 2.45. The van der Waals surface area contributed by atoms with E-state index in [-0.39, 0.29) is 5.82 Å². The normalized spacial score (nSPS) is 10.8. The number of fused-ring (bicyclic) bond motifs is 1. The van der Waals surface area contributed by atoms with Gasteiger partial charge in [0.1, 0.15) is 5.82 Å². The van der Waals surface area contributed by atoms with E-state index in [0.29, 0.717) is 12.1 Å². The first-order chi connectivity index (χ1) is 9.22. The van der Waals surface area contributed by atoms with E-state index >= 15 is 0 Å². The van der Waals surface area contributed by atoms with E-state index in [1.807, 2.05) is 37.4 Å². The summed E-state index contributed by atoms with van der Waals surface area (Å²) in [4.78, 5) is 3.15. The molecule has 0 aliphatic rings. The van der Waals surface area contributed by atoms with Crippen LogP contribution in [0.25, 0.3) is 10.9 Å². The fourth-order valence-corrected chi connectivity index (χ4v) is 2.20. The SMILES string of the molecule is Cc1ccc(F)c(CNc2ccc3[nH]ccc3c2)c1. The Balaban J connectivity index is 1.79. The van der Waals surface area contributed by atoms with Crippen LogP contribution in [-0.2, 0) is 6.54 Å². The second-order valence-electron chi connectivity index (χ2n) is 4.73. The summed E-state index contributed by atoms with van der Waals surface area (Å²) in [6.07, 6.45) is 1.91. The molecule has 0 aliphatic carbocycles. The summed E-state index contributed by atoms with van der Waals surface area (Å²) in [5.74, 6) is -0.166. The minimum Gasteiger partial charge on any atom is -0.381 e. The maximum atomic E-state index is 13.6. The zero-order chi connectivity index (χ0) is 13.2. The average molecular weight is 254 g/mol. The lowest BCUT2D eigenvalue weighted by molar-refractivity contribution is 0.612. The van der Waals surface area contributed by atoms with E-state index in [1.54, 1.807) is 6.07 Å². The zero-order valence-corrected chi connectivity index (χ0v) is 10.7. The number of anilines is 1. The summed E-state index contributed by atoms with van der Waals surface area (Å²) in [7, 11) is 0. The first-order valence-electron chi connectivity index (χ1n) is 6.28. The molecule has 19 heavy (non-hydrogen) atoms. The van der Waals surface area contributed by atoms with Crippen LogP contribution >= 0.6 is 0 Å². The molecule has 2 N–H and O–H groups in total. The first-order valence-corrected chi connectivity index (χ1v) is 6.28. The quantitative estimate of drug-likeness (QED) is 0.719. The van der Waals surface area contributed by atoms with Gasteiger partial charge in [0.15, 0.2) is 0 Å². The maximum absolute atomic E-state index is 13.6. The van der Waals surface area contributed by atoms with Gasteiger partial charge in [0.25, 0.3) is 0 Å². The highest BCUT2D eigenvalue weighted by molar-refractivity contribution is 5.82. The predicted molar refractivity (Wildman–Crippen MR) is 76.8 cm³/mol. The molecule has 0 bridgehead atoms. The number of aromatic nitrogens is 1. The monoisotopic (exact) mass is 254 g/mol. The van der Waals surface area contributed by atoms with E-state index < -0.39 is 0 Å². The Hall–Kier alpha value is -2.29. The van der Waals surface area contributed by atoms with Gasteiger partial charge in [-0.15, -0.1) is 0 Å². The third-order valence-electron chi connectivity index (χ3n) is 3.24. The number of hydrogen-bond acceptors (Lipinski definition) is 1. The summed E-state index contributed by atoms with van der Waals surface area (Å²) in [5, 5.41) is 4.40. The van der Waals surface area contributed by atoms with Gasteiger partial charge < -0.3 is 10.3 Å². The standard InChI is InChI=1S/C16H15FN2/c1-11-2-4-15(17)13(8-11)10-19-14-3-5-16-12(9-14)6-7-18-16/h2-9,18-19H,10H2,1H3. The number of halogens is 1. The largest absolute Gasteiger partial charge is 0.381 e. The van der Waals surface area contributed by atoms with Gasteiger partial charge in [0.05, 0.1) is 0 Å². The van der Waals surface area contributed by atoms with Gasteiger partial charge in [-0.3, -0.25) is 0 Å². The molecule has 3 aromatic rings. The molecule has 3 heteroatoms. The van der Waals surface area contributed by atoms with Crippen molar-refractivity contribution >= 4 is 16.6 Å². The van der Waals surface area contributed by atoms with Gasteiger partial charge in [-0.1, -0.05) is 17.7 Å². The van der Waals surface area contributed by atoms with Gasteiger partial charge in [0.2, 0.25) is 0 Å². The smallest absolute Gasteiger partial charge is 0.128 e. The highest BCUT2D eigenvalue weighted by atomic mass is 19.1. The van der Waals surface area contributed by atoms with Crippen LogP contribution in [0.2, 0.25) is 0 Å². The summed E-state index contributed by atoms with van der Waals surface area (Å²) in [6.45, 7) is 2.46. The number of H-pyrrole nitrogens is 1. The molecule has 0 saturated carbocycles. The van der Waals surface area contributed by atoms with Crippen molar-refractivity contribution in [2.45, 2.75) is 13.5 Å². The van der Waals surface area contributed by atoms with Crippen LogP contribution in [0.15, 0.2) is 48.7 Å². The third-order valence-corrected chi connectivity index (χ3v) is 3.24. The summed E-state index contributed by atoms with van der Waals surface area (Å²) in [5.41, 5.74) is 3.86. The van der Waals surface area contributed by atoms with E-state index in [4.69, 9.17) is 0 Å². The van der Waals surface area contributed by atoms with Crippen molar-refractivity contribution in [2.75, 3.05) is 5.32 Å². The molecule has 3 rings (SSSR count). The Morgan fingerprint density at radius 1 is 1.11 bits per heavy atom. The molecule has 0 atom stereocenters. The number of nitrogens with one attached hydrogen (secondary N) is 2. The molecule has 0 fully saturated rings. The Labute approximate surface area is 111 Å². The van der Waals surface area contributed by atoms with Crippen LogP contribution in [0, 0.1) is 12.7 Å². The fourth-order valence-electron chi connectivity index (χ4n) is 2.20. The van der Waals surface area contributed by atoms with Crippen molar-refractivity contribution in [1.82, 2.24) is 4.98 Å². The van der Waals surface area contributed by atoms with Gasteiger partial charge in [-0.25, -0.2) is 4.39 Å². The molecule has 0 saturated heterocycles. The van der Waals surface area contributed by atoms with E-state index in [0.717, 1.165) is 22.2 Å². The number of benzene rings is 2. The summed E-state index contributed by atoms with van der Waals surface area (Å²) in [6, 6.07) is 13.3. The van der Waals surface area contributed by atoms with E-state index in [2.05, 4.69) is 16.4 Å². The van der Waals surface area contributed by atoms with Crippen molar-refractivity contribution in [3.05, 3.63) is 65.6 Å². The molecule has 2 aromatic carbocycles.